The minimum atomic E-state index is -1.56. The van der Waals surface area contributed by atoms with Gasteiger partial charge in [0.2, 0.25) is 5.91 Å². The van der Waals surface area contributed by atoms with Crippen LogP contribution in [-0.2, 0) is 24.7 Å². The lowest BCUT2D eigenvalue weighted by atomic mass is 9.92. The highest BCUT2D eigenvalue weighted by molar-refractivity contribution is 5.93. The van der Waals surface area contributed by atoms with Crippen LogP contribution >= 0.6 is 0 Å². The van der Waals surface area contributed by atoms with Gasteiger partial charge in [0.1, 0.15) is 36.8 Å². The molecule has 3 N–H and O–H groups in total. The molecule has 4 atom stereocenters. The molecule has 0 unspecified atom stereocenters. The van der Waals surface area contributed by atoms with Crippen LogP contribution < -0.4 is 5.32 Å². The van der Waals surface area contributed by atoms with Gasteiger partial charge in [-0.25, -0.2) is 9.50 Å². The summed E-state index contributed by atoms with van der Waals surface area (Å²) >= 11 is 0. The monoisotopic (exact) mass is 461 g/mol. The summed E-state index contributed by atoms with van der Waals surface area (Å²) in [5.74, 6) is -0.625. The molecule has 0 saturated carbocycles. The molecule has 0 aliphatic carbocycles. The van der Waals surface area contributed by atoms with Gasteiger partial charge in [0, 0.05) is 19.7 Å². The van der Waals surface area contributed by atoms with Gasteiger partial charge >= 0.3 is 5.97 Å². The van der Waals surface area contributed by atoms with Crippen LogP contribution in [0.25, 0.3) is 5.52 Å². The number of aliphatic hydroxyl groups is 2. The Kier molecular flexibility index (Phi) is 7.77. The molecule has 11 nitrogen and oxygen atoms in total. The van der Waals surface area contributed by atoms with E-state index in [1.54, 1.807) is 26.0 Å². The van der Waals surface area contributed by atoms with Gasteiger partial charge in [-0.2, -0.15) is 5.10 Å². The molecular weight excluding hydrogens is 430 g/mol. The summed E-state index contributed by atoms with van der Waals surface area (Å²) in [6, 6.07) is 3.34. The zero-order valence-electron chi connectivity index (χ0n) is 19.3. The maximum absolute atomic E-state index is 12.2. The number of fused-ring (bicyclic) bond motifs is 1. The molecule has 1 saturated heterocycles. The zero-order chi connectivity index (χ0) is 24.2. The lowest BCUT2D eigenvalue weighted by Crippen LogP contribution is -2.43. The van der Waals surface area contributed by atoms with Crippen molar-refractivity contribution in [1.82, 2.24) is 14.6 Å². The summed E-state index contributed by atoms with van der Waals surface area (Å²) in [6.45, 7) is 5.17. The van der Waals surface area contributed by atoms with Crippen molar-refractivity contribution >= 4 is 29.4 Å². The number of hydrogen-bond donors (Lipinski definition) is 3. The molecule has 2 aromatic heterocycles. The first kappa shape index (κ1) is 24.7. The molecule has 3 heterocycles. The second-order valence-corrected chi connectivity index (χ2v) is 8.33. The summed E-state index contributed by atoms with van der Waals surface area (Å²) in [5.41, 5.74) is -0.701. The Morgan fingerprint density at radius 3 is 2.82 bits per heavy atom. The van der Waals surface area contributed by atoms with Gasteiger partial charge in [0.05, 0.1) is 11.6 Å². The molecule has 180 valence electrons. The van der Waals surface area contributed by atoms with E-state index in [0.717, 1.165) is 12.8 Å². The SMILES string of the molecule is CCCCC(=O)Nc1ncnn2c([C@]3(C=NC)O[C@H](COC(=O)C(C)C)[C@@H](O)[C@H]3O)ccc12. The van der Waals surface area contributed by atoms with Gasteiger partial charge in [-0.15, -0.1) is 0 Å². The number of amides is 1. The number of carbonyl (C=O) groups excluding carboxylic acids is 2. The van der Waals surface area contributed by atoms with Crippen LogP contribution in [0.2, 0.25) is 0 Å². The molecule has 1 aliphatic heterocycles. The molecule has 1 aliphatic rings. The Bertz CT molecular complexity index is 1020. The van der Waals surface area contributed by atoms with Crippen molar-refractivity contribution in [3.8, 4) is 0 Å². The van der Waals surface area contributed by atoms with Gasteiger partial charge < -0.3 is 25.0 Å². The Hall–Kier alpha value is -2.89. The normalized spacial score (nSPS) is 25.2. The maximum atomic E-state index is 12.2. The Balaban J connectivity index is 1.94. The Morgan fingerprint density at radius 2 is 2.15 bits per heavy atom. The quantitative estimate of drug-likeness (QED) is 0.371. The third-order valence-corrected chi connectivity index (χ3v) is 5.54. The first-order valence-corrected chi connectivity index (χ1v) is 11.0. The van der Waals surface area contributed by atoms with E-state index in [0.29, 0.717) is 23.4 Å². The molecule has 0 aromatic carbocycles. The summed E-state index contributed by atoms with van der Waals surface area (Å²) in [7, 11) is 1.51. The van der Waals surface area contributed by atoms with E-state index < -0.39 is 29.9 Å². The first-order valence-electron chi connectivity index (χ1n) is 11.0. The molecule has 2 aromatic rings. The van der Waals surface area contributed by atoms with Gasteiger partial charge in [0.25, 0.3) is 0 Å². The standard InChI is InChI=1S/C22H31N5O6/c1-5-6-7-17(28)26-20-14-8-9-16(27(14)25-12-24-20)22(11-23-4)19(30)18(29)15(33-22)10-32-21(31)13(2)3/h8-9,11-13,15,18-19,29-30H,5-7,10H2,1-4H3,(H,24,25,26,28)/t15-,18-,19-,22+/m1/s1. The number of aromatic nitrogens is 3. The number of anilines is 1. The number of hydrogen-bond acceptors (Lipinski definition) is 9. The topological polar surface area (TPSA) is 148 Å². The largest absolute Gasteiger partial charge is 0.463 e. The highest BCUT2D eigenvalue weighted by Gasteiger charge is 2.56. The van der Waals surface area contributed by atoms with Crippen LogP contribution in [0.1, 0.15) is 45.7 Å². The van der Waals surface area contributed by atoms with Crippen molar-refractivity contribution in [2.75, 3.05) is 19.0 Å². The maximum Gasteiger partial charge on any atom is 0.308 e. The molecule has 33 heavy (non-hydrogen) atoms. The summed E-state index contributed by atoms with van der Waals surface area (Å²) in [4.78, 5) is 32.3. The summed E-state index contributed by atoms with van der Waals surface area (Å²) < 4.78 is 12.8. The second-order valence-electron chi connectivity index (χ2n) is 8.33. The van der Waals surface area contributed by atoms with Crippen molar-refractivity contribution in [3.05, 3.63) is 24.2 Å². The van der Waals surface area contributed by atoms with Crippen LogP contribution in [0.5, 0.6) is 0 Å². The molecule has 0 spiro atoms. The Morgan fingerprint density at radius 1 is 1.39 bits per heavy atom. The predicted molar refractivity (Wildman–Crippen MR) is 120 cm³/mol. The third kappa shape index (κ3) is 4.90. The highest BCUT2D eigenvalue weighted by atomic mass is 16.6. The number of aliphatic imine (C=N–C) groups is 1. The number of aliphatic hydroxyl groups excluding tert-OH is 2. The fourth-order valence-corrected chi connectivity index (χ4v) is 3.74. The number of ether oxygens (including phenoxy) is 2. The van der Waals surface area contributed by atoms with Gasteiger partial charge in [-0.3, -0.25) is 14.6 Å². The molecule has 1 fully saturated rings. The number of carbonyl (C=O) groups is 2. The van der Waals surface area contributed by atoms with Gasteiger partial charge in [0.15, 0.2) is 11.4 Å². The fourth-order valence-electron chi connectivity index (χ4n) is 3.74. The van der Waals surface area contributed by atoms with E-state index in [2.05, 4.69) is 20.4 Å². The lowest BCUT2D eigenvalue weighted by molar-refractivity contribution is -0.153. The molecule has 0 bridgehead atoms. The fraction of sp³-hybridized carbons (Fsp3) is 0.591. The van der Waals surface area contributed by atoms with Crippen molar-refractivity contribution in [1.29, 1.82) is 0 Å². The minimum Gasteiger partial charge on any atom is -0.463 e. The predicted octanol–water partition coefficient (Wildman–Crippen LogP) is 1.07. The Labute approximate surface area is 191 Å². The average Bonchev–Trinajstić information content (AvgIpc) is 3.33. The molecular formula is C22H31N5O6. The smallest absolute Gasteiger partial charge is 0.308 e. The molecule has 1 amide bonds. The van der Waals surface area contributed by atoms with Crippen LogP contribution in [0.15, 0.2) is 23.5 Å². The van der Waals surface area contributed by atoms with Crippen LogP contribution in [0.4, 0.5) is 5.82 Å². The number of unbranched alkanes of at least 4 members (excludes halogenated alkanes) is 1. The number of nitrogens with zero attached hydrogens (tertiary/aromatic N) is 4. The second kappa shape index (κ2) is 10.4. The highest BCUT2D eigenvalue weighted by Crippen LogP contribution is 2.40. The van der Waals surface area contributed by atoms with Crippen LogP contribution in [-0.4, -0.2) is 74.9 Å². The minimum absolute atomic E-state index is 0.162. The van der Waals surface area contributed by atoms with E-state index in [1.807, 2.05) is 6.92 Å². The number of esters is 1. The first-order chi connectivity index (χ1) is 15.7. The van der Waals surface area contributed by atoms with Crippen molar-refractivity contribution < 1.29 is 29.3 Å². The van der Waals surface area contributed by atoms with Crippen LogP contribution in [0.3, 0.4) is 0 Å². The van der Waals surface area contributed by atoms with Crippen molar-refractivity contribution in [3.63, 3.8) is 0 Å². The van der Waals surface area contributed by atoms with E-state index >= 15 is 0 Å². The average molecular weight is 462 g/mol. The van der Waals surface area contributed by atoms with Gasteiger partial charge in [-0.1, -0.05) is 27.2 Å². The van der Waals surface area contributed by atoms with E-state index in [4.69, 9.17) is 9.47 Å². The third-order valence-electron chi connectivity index (χ3n) is 5.54. The van der Waals surface area contributed by atoms with Crippen LogP contribution in [0, 0.1) is 5.92 Å². The van der Waals surface area contributed by atoms with Crippen molar-refractivity contribution in [2.24, 2.45) is 10.9 Å². The summed E-state index contributed by atoms with van der Waals surface area (Å²) in [5, 5.41) is 28.7. The summed E-state index contributed by atoms with van der Waals surface area (Å²) in [6.07, 6.45) is 0.945. The number of rotatable bonds is 9. The van der Waals surface area contributed by atoms with Crippen molar-refractivity contribution in [2.45, 2.75) is 63.9 Å². The molecule has 11 heteroatoms. The number of nitrogens with one attached hydrogen (secondary N) is 1. The van der Waals surface area contributed by atoms with E-state index in [-0.39, 0.29) is 18.4 Å². The molecule has 0 radical (unpaired) electrons. The lowest BCUT2D eigenvalue weighted by Gasteiger charge is -2.27. The van der Waals surface area contributed by atoms with E-state index in [1.165, 1.54) is 24.1 Å². The van der Waals surface area contributed by atoms with Gasteiger partial charge in [-0.05, 0) is 18.6 Å². The molecule has 3 rings (SSSR count). The zero-order valence-corrected chi connectivity index (χ0v) is 19.3. The van der Waals surface area contributed by atoms with E-state index in [9.17, 15) is 19.8 Å².